The van der Waals surface area contributed by atoms with Gasteiger partial charge in [0, 0.05) is 29.6 Å². The summed E-state index contributed by atoms with van der Waals surface area (Å²) >= 11 is 1.67. The molecule has 0 fully saturated rings. The number of esters is 1. The molecule has 156 valence electrons. The molecule has 4 nitrogen and oxygen atoms in total. The molecule has 0 atom stereocenters. The summed E-state index contributed by atoms with van der Waals surface area (Å²) in [5, 5.41) is 0. The molecule has 1 aliphatic rings. The van der Waals surface area contributed by atoms with Crippen LogP contribution in [0.25, 0.3) is 6.08 Å². The van der Waals surface area contributed by atoms with E-state index in [9.17, 15) is 9.59 Å². The van der Waals surface area contributed by atoms with E-state index >= 15 is 0 Å². The van der Waals surface area contributed by atoms with Crippen molar-refractivity contribution in [1.82, 2.24) is 0 Å². The number of ether oxygens (including phenoxy) is 1. The van der Waals surface area contributed by atoms with Crippen molar-refractivity contribution in [2.24, 2.45) is 0 Å². The molecule has 31 heavy (non-hydrogen) atoms. The van der Waals surface area contributed by atoms with E-state index in [4.69, 9.17) is 4.74 Å². The van der Waals surface area contributed by atoms with Gasteiger partial charge in [-0.15, -0.1) is 11.8 Å². The summed E-state index contributed by atoms with van der Waals surface area (Å²) in [6, 6.07) is 23.1. The first kappa shape index (κ1) is 20.9. The summed E-state index contributed by atoms with van der Waals surface area (Å²) in [5.41, 5.74) is 4.86. The number of thioether (sulfide) groups is 1. The average Bonchev–Trinajstić information content (AvgIpc) is 2.81. The van der Waals surface area contributed by atoms with Crippen molar-refractivity contribution >= 4 is 35.4 Å². The molecule has 0 saturated carbocycles. The smallest absolute Gasteiger partial charge is 0.338 e. The van der Waals surface area contributed by atoms with Gasteiger partial charge in [-0.3, -0.25) is 4.79 Å². The van der Waals surface area contributed by atoms with E-state index in [1.165, 1.54) is 4.90 Å². The Morgan fingerprint density at radius 3 is 2.52 bits per heavy atom. The number of amides is 1. The van der Waals surface area contributed by atoms with Crippen LogP contribution in [0.5, 0.6) is 0 Å². The molecule has 1 amide bonds. The zero-order chi connectivity index (χ0) is 21.8. The molecule has 0 unspecified atom stereocenters. The summed E-state index contributed by atoms with van der Waals surface area (Å²) in [4.78, 5) is 28.2. The second kappa shape index (κ2) is 9.23. The summed E-state index contributed by atoms with van der Waals surface area (Å²) < 4.78 is 5.51. The third-order valence-corrected chi connectivity index (χ3v) is 6.05. The molecule has 0 aromatic heterocycles. The molecular formula is C26H23NO3S. The molecule has 3 aromatic carbocycles. The van der Waals surface area contributed by atoms with Gasteiger partial charge in [-0.1, -0.05) is 42.5 Å². The molecule has 1 heterocycles. The van der Waals surface area contributed by atoms with E-state index < -0.39 is 0 Å². The minimum absolute atomic E-state index is 0.0274. The largest absolute Gasteiger partial charge is 0.457 e. The van der Waals surface area contributed by atoms with Crippen molar-refractivity contribution in [3.8, 4) is 0 Å². The van der Waals surface area contributed by atoms with Crippen molar-refractivity contribution in [1.29, 1.82) is 0 Å². The van der Waals surface area contributed by atoms with Crippen LogP contribution in [0, 0.1) is 0 Å². The number of hydrogen-bond donors (Lipinski definition) is 0. The maximum absolute atomic E-state index is 12.8. The van der Waals surface area contributed by atoms with Gasteiger partial charge in [0.15, 0.2) is 0 Å². The molecule has 0 aliphatic carbocycles. The normalized spacial score (nSPS) is 14.5. The van der Waals surface area contributed by atoms with Gasteiger partial charge < -0.3 is 9.64 Å². The van der Waals surface area contributed by atoms with Gasteiger partial charge in [0.25, 0.3) is 5.91 Å². The lowest BCUT2D eigenvalue weighted by molar-refractivity contribution is -0.115. The van der Waals surface area contributed by atoms with E-state index in [1.54, 1.807) is 29.8 Å². The van der Waals surface area contributed by atoms with Crippen LogP contribution in [-0.2, 0) is 22.6 Å². The lowest BCUT2D eigenvalue weighted by Gasteiger charge is -2.28. The number of hydrogen-bond acceptors (Lipinski definition) is 4. The lowest BCUT2D eigenvalue weighted by Crippen LogP contribution is -2.33. The van der Waals surface area contributed by atoms with E-state index in [0.29, 0.717) is 17.6 Å². The van der Waals surface area contributed by atoms with Crippen molar-refractivity contribution in [2.45, 2.75) is 17.9 Å². The Morgan fingerprint density at radius 2 is 1.81 bits per heavy atom. The van der Waals surface area contributed by atoms with Gasteiger partial charge >= 0.3 is 5.97 Å². The van der Waals surface area contributed by atoms with Crippen molar-refractivity contribution in [3.05, 3.63) is 101 Å². The number of carbonyl (C=O) groups excluding carboxylic acids is 2. The SMILES string of the molecule is CSc1ccc(COC(=O)c2ccc3c(c2)C/C(=C\c2ccccc2)C(=O)N3C)cc1. The predicted octanol–water partition coefficient (Wildman–Crippen LogP) is 5.37. The summed E-state index contributed by atoms with van der Waals surface area (Å²) in [5.74, 6) is -0.398. The second-order valence-electron chi connectivity index (χ2n) is 7.39. The Bertz CT molecular complexity index is 1140. The number of benzene rings is 3. The highest BCUT2D eigenvalue weighted by molar-refractivity contribution is 7.98. The number of anilines is 1. The number of fused-ring (bicyclic) bond motifs is 1. The van der Waals surface area contributed by atoms with Gasteiger partial charge in [-0.05, 0) is 59.4 Å². The zero-order valence-corrected chi connectivity index (χ0v) is 18.3. The third kappa shape index (κ3) is 4.72. The van der Waals surface area contributed by atoms with Crippen molar-refractivity contribution in [3.63, 3.8) is 0 Å². The van der Waals surface area contributed by atoms with Crippen molar-refractivity contribution < 1.29 is 14.3 Å². The quantitative estimate of drug-likeness (QED) is 0.311. The Labute approximate surface area is 186 Å². The number of nitrogens with zero attached hydrogens (tertiary/aromatic N) is 1. The monoisotopic (exact) mass is 429 g/mol. The van der Waals surface area contributed by atoms with Gasteiger partial charge in [-0.2, -0.15) is 0 Å². The third-order valence-electron chi connectivity index (χ3n) is 5.31. The van der Waals surface area contributed by atoms with Crippen LogP contribution in [0.3, 0.4) is 0 Å². The van der Waals surface area contributed by atoms with Gasteiger partial charge in [0.05, 0.1) is 5.56 Å². The molecule has 1 aliphatic heterocycles. The fourth-order valence-electron chi connectivity index (χ4n) is 3.60. The summed E-state index contributed by atoms with van der Waals surface area (Å²) in [6.07, 6.45) is 4.41. The highest BCUT2D eigenvalue weighted by Gasteiger charge is 2.26. The highest BCUT2D eigenvalue weighted by Crippen LogP contribution is 2.31. The van der Waals surface area contributed by atoms with Crippen molar-refractivity contribution in [2.75, 3.05) is 18.2 Å². The standard InChI is InChI=1S/C26H23NO3S/c1-27-24-13-10-20(26(29)30-17-19-8-11-23(31-2)12-9-19)15-21(24)16-22(25(27)28)14-18-6-4-3-5-7-18/h3-15H,16-17H2,1-2H3/b22-14+. The first-order chi connectivity index (χ1) is 15.0. The topological polar surface area (TPSA) is 46.6 Å². The van der Waals surface area contributed by atoms with E-state index in [1.807, 2.05) is 79.1 Å². The second-order valence-corrected chi connectivity index (χ2v) is 8.27. The molecule has 5 heteroatoms. The minimum atomic E-state index is -0.370. The van der Waals surface area contributed by atoms with Crippen LogP contribution >= 0.6 is 11.8 Å². The van der Waals surface area contributed by atoms with Gasteiger partial charge in [0.2, 0.25) is 0 Å². The number of rotatable bonds is 5. The summed E-state index contributed by atoms with van der Waals surface area (Å²) in [7, 11) is 1.76. The predicted molar refractivity (Wildman–Crippen MR) is 125 cm³/mol. The van der Waals surface area contributed by atoms with Gasteiger partial charge in [-0.25, -0.2) is 4.79 Å². The van der Waals surface area contributed by atoms with Crippen LogP contribution in [-0.4, -0.2) is 25.2 Å². The Hall–Kier alpha value is -3.31. The highest BCUT2D eigenvalue weighted by atomic mass is 32.2. The van der Waals surface area contributed by atoms with Crippen LogP contribution in [0.1, 0.15) is 27.0 Å². The first-order valence-corrected chi connectivity index (χ1v) is 11.2. The van der Waals surface area contributed by atoms with Crippen LogP contribution in [0.15, 0.2) is 83.3 Å². The van der Waals surface area contributed by atoms with Crippen LogP contribution in [0.2, 0.25) is 0 Å². The maximum atomic E-state index is 12.8. The molecule has 4 rings (SSSR count). The fraction of sp³-hybridized carbons (Fsp3) is 0.154. The Balaban J connectivity index is 1.52. The molecule has 0 spiro atoms. The fourth-order valence-corrected chi connectivity index (χ4v) is 4.01. The number of carbonyl (C=O) groups is 2. The lowest BCUT2D eigenvalue weighted by atomic mass is 9.94. The van der Waals surface area contributed by atoms with E-state index in [-0.39, 0.29) is 18.5 Å². The Kier molecular flexibility index (Phi) is 6.23. The average molecular weight is 430 g/mol. The summed E-state index contributed by atoms with van der Waals surface area (Å²) in [6.45, 7) is 0.224. The van der Waals surface area contributed by atoms with Crippen LogP contribution < -0.4 is 4.90 Å². The molecule has 0 radical (unpaired) electrons. The van der Waals surface area contributed by atoms with Gasteiger partial charge in [0.1, 0.15) is 6.61 Å². The van der Waals surface area contributed by atoms with Crippen LogP contribution in [0.4, 0.5) is 5.69 Å². The molecule has 0 bridgehead atoms. The molecule has 0 saturated heterocycles. The van der Waals surface area contributed by atoms with E-state index in [0.717, 1.165) is 22.4 Å². The maximum Gasteiger partial charge on any atom is 0.338 e. The zero-order valence-electron chi connectivity index (χ0n) is 17.5. The molecule has 0 N–H and O–H groups in total. The van der Waals surface area contributed by atoms with E-state index in [2.05, 4.69) is 0 Å². The Morgan fingerprint density at radius 1 is 1.06 bits per heavy atom. The molecule has 3 aromatic rings. The minimum Gasteiger partial charge on any atom is -0.457 e. The molecular weight excluding hydrogens is 406 g/mol. The first-order valence-electron chi connectivity index (χ1n) is 10.0. The number of likely N-dealkylation sites (N-methyl/N-ethyl adjacent to an activating group) is 1.